The summed E-state index contributed by atoms with van der Waals surface area (Å²) in [6.45, 7) is 8.03. The first kappa shape index (κ1) is 23.3. The molecular weight excluding hydrogens is 436 g/mol. The van der Waals surface area contributed by atoms with Crippen LogP contribution in [0.3, 0.4) is 0 Å². The third-order valence-electron chi connectivity index (χ3n) is 9.84. The molecule has 0 aromatic carbocycles. The van der Waals surface area contributed by atoms with Crippen LogP contribution < -0.4 is 0 Å². The Kier molecular flexibility index (Phi) is 5.18. The number of furan rings is 1. The van der Waals surface area contributed by atoms with Gasteiger partial charge in [-0.05, 0) is 48.2 Å². The number of esters is 2. The van der Waals surface area contributed by atoms with Crippen LogP contribution in [-0.2, 0) is 23.9 Å². The standard InChI is InChI=1S/C27H34O7/c1-25(2)19(12-20(28)32-5)27(4)17-6-8-26(3)18(15(17)10-16(22(25)30)23(27)31)11-21(29)34-24(26)14-7-9-33-13-14/h7,9,13,16-17,19,22,24,30H,6,8,10-12H2,1-5H3/t16-,17+,19+,22-,24+,26+,27+/m1/s1. The van der Waals surface area contributed by atoms with Gasteiger partial charge in [-0.25, -0.2) is 0 Å². The van der Waals surface area contributed by atoms with E-state index in [0.29, 0.717) is 6.42 Å². The van der Waals surface area contributed by atoms with Crippen LogP contribution in [0.25, 0.3) is 0 Å². The quantitative estimate of drug-likeness (QED) is 0.523. The average Bonchev–Trinajstić information content (AvgIpc) is 3.32. The fraction of sp³-hybridized carbons (Fsp3) is 0.667. The van der Waals surface area contributed by atoms with Crippen LogP contribution in [-0.4, -0.2) is 36.0 Å². The van der Waals surface area contributed by atoms with Gasteiger partial charge in [-0.15, -0.1) is 0 Å². The molecule has 1 aromatic heterocycles. The van der Waals surface area contributed by atoms with Crippen LogP contribution in [0.15, 0.2) is 34.2 Å². The van der Waals surface area contributed by atoms with Crippen molar-refractivity contribution in [3.8, 4) is 0 Å². The first-order valence-electron chi connectivity index (χ1n) is 12.2. The highest BCUT2D eigenvalue weighted by molar-refractivity contribution is 5.92. The Bertz CT molecular complexity index is 1070. The summed E-state index contributed by atoms with van der Waals surface area (Å²) in [7, 11) is 1.35. The zero-order chi connectivity index (χ0) is 24.6. The molecule has 0 unspecified atom stereocenters. The molecule has 3 fully saturated rings. The fourth-order valence-electron chi connectivity index (χ4n) is 7.98. The summed E-state index contributed by atoms with van der Waals surface area (Å²) in [5.41, 5.74) is 1.11. The SMILES string of the molecule is COC(=O)C[C@H]1C(C)(C)[C@H](O)[C@H]2CC3=C4CC(=O)O[C@@H](c5ccoc5)[C@@]4(C)CC[C@@H]3[C@]1(C)C2=O. The molecule has 7 nitrogen and oxygen atoms in total. The number of aliphatic hydroxyl groups excluding tert-OH is 1. The van der Waals surface area contributed by atoms with E-state index >= 15 is 0 Å². The van der Waals surface area contributed by atoms with Gasteiger partial charge in [0.05, 0.1) is 32.2 Å². The molecule has 4 aliphatic rings. The molecule has 1 N–H and O–H groups in total. The summed E-state index contributed by atoms with van der Waals surface area (Å²) in [4.78, 5) is 39.1. The van der Waals surface area contributed by atoms with E-state index in [0.717, 1.165) is 29.6 Å². The Hall–Kier alpha value is -2.41. The largest absolute Gasteiger partial charge is 0.472 e. The smallest absolute Gasteiger partial charge is 0.310 e. The van der Waals surface area contributed by atoms with E-state index in [1.165, 1.54) is 7.11 Å². The maximum atomic E-state index is 13.9. The van der Waals surface area contributed by atoms with Gasteiger partial charge in [0.15, 0.2) is 0 Å². The van der Waals surface area contributed by atoms with Crippen LogP contribution in [0, 0.1) is 34.0 Å². The highest BCUT2D eigenvalue weighted by atomic mass is 16.5. The summed E-state index contributed by atoms with van der Waals surface area (Å²) in [6.07, 6.45) is 4.09. The minimum Gasteiger partial charge on any atom is -0.472 e. The van der Waals surface area contributed by atoms with E-state index in [2.05, 4.69) is 6.92 Å². The zero-order valence-electron chi connectivity index (χ0n) is 20.6. The van der Waals surface area contributed by atoms with Crippen molar-refractivity contribution in [1.82, 2.24) is 0 Å². The van der Waals surface area contributed by atoms with E-state index in [1.807, 2.05) is 26.8 Å². The van der Waals surface area contributed by atoms with E-state index in [-0.39, 0.29) is 42.4 Å². The molecule has 1 aliphatic heterocycles. The molecule has 1 saturated heterocycles. The molecule has 2 bridgehead atoms. The Morgan fingerprint density at radius 3 is 2.62 bits per heavy atom. The van der Waals surface area contributed by atoms with Crippen LogP contribution >= 0.6 is 0 Å². The highest BCUT2D eigenvalue weighted by Gasteiger charge is 2.67. The molecule has 5 rings (SSSR count). The van der Waals surface area contributed by atoms with Gasteiger partial charge in [0.1, 0.15) is 11.9 Å². The van der Waals surface area contributed by atoms with Crippen molar-refractivity contribution in [2.75, 3.05) is 7.11 Å². The molecule has 184 valence electrons. The topological polar surface area (TPSA) is 103 Å². The van der Waals surface area contributed by atoms with Crippen LogP contribution in [0.1, 0.15) is 71.5 Å². The number of ether oxygens (including phenoxy) is 2. The number of fused-ring (bicyclic) bond motifs is 5. The number of Topliss-reactive ketones (excluding diaryl/α,β-unsaturated/α-hetero) is 1. The van der Waals surface area contributed by atoms with Crippen LogP contribution in [0.4, 0.5) is 0 Å². The summed E-state index contributed by atoms with van der Waals surface area (Å²) in [5.74, 6) is -1.64. The molecule has 1 aromatic rings. The van der Waals surface area contributed by atoms with Gasteiger partial charge in [0.2, 0.25) is 0 Å². The van der Waals surface area contributed by atoms with E-state index in [4.69, 9.17) is 13.9 Å². The van der Waals surface area contributed by atoms with Gasteiger partial charge in [-0.2, -0.15) is 0 Å². The monoisotopic (exact) mass is 470 g/mol. The van der Waals surface area contributed by atoms with E-state index in [9.17, 15) is 19.5 Å². The minimum absolute atomic E-state index is 0.0379. The number of cyclic esters (lactones) is 1. The number of allylic oxidation sites excluding steroid dienone is 1. The summed E-state index contributed by atoms with van der Waals surface area (Å²) < 4.78 is 16.1. The molecule has 2 saturated carbocycles. The fourth-order valence-corrected chi connectivity index (χ4v) is 7.98. The average molecular weight is 471 g/mol. The Morgan fingerprint density at radius 1 is 1.24 bits per heavy atom. The molecule has 7 atom stereocenters. The lowest BCUT2D eigenvalue weighted by Crippen LogP contribution is -2.66. The lowest BCUT2D eigenvalue weighted by molar-refractivity contribution is -0.186. The number of ketones is 1. The maximum Gasteiger partial charge on any atom is 0.310 e. The number of rotatable bonds is 3. The van der Waals surface area contributed by atoms with Crippen molar-refractivity contribution in [2.24, 2.45) is 34.0 Å². The van der Waals surface area contributed by atoms with Gasteiger partial charge in [0, 0.05) is 28.7 Å². The predicted molar refractivity (Wildman–Crippen MR) is 121 cm³/mol. The molecule has 34 heavy (non-hydrogen) atoms. The number of methoxy groups -OCH3 is 1. The van der Waals surface area contributed by atoms with E-state index < -0.39 is 34.4 Å². The first-order chi connectivity index (χ1) is 16.0. The minimum atomic E-state index is -0.884. The second-order valence-corrected chi connectivity index (χ2v) is 11.7. The van der Waals surface area contributed by atoms with Gasteiger partial charge in [-0.3, -0.25) is 14.4 Å². The second kappa shape index (κ2) is 7.54. The Balaban J connectivity index is 1.67. The van der Waals surface area contributed by atoms with Crippen molar-refractivity contribution in [1.29, 1.82) is 0 Å². The van der Waals surface area contributed by atoms with E-state index in [1.54, 1.807) is 12.5 Å². The normalized spacial score (nSPS) is 40.8. The third kappa shape index (κ3) is 2.95. The zero-order valence-corrected chi connectivity index (χ0v) is 20.6. The van der Waals surface area contributed by atoms with Crippen LogP contribution in [0.5, 0.6) is 0 Å². The third-order valence-corrected chi connectivity index (χ3v) is 9.84. The molecule has 0 amide bonds. The van der Waals surface area contributed by atoms with Crippen molar-refractivity contribution >= 4 is 17.7 Å². The van der Waals surface area contributed by atoms with Crippen molar-refractivity contribution in [3.63, 3.8) is 0 Å². The van der Waals surface area contributed by atoms with Gasteiger partial charge in [-0.1, -0.05) is 33.3 Å². The maximum absolute atomic E-state index is 13.9. The lowest BCUT2D eigenvalue weighted by atomic mass is 9.40. The molecule has 3 aliphatic carbocycles. The molecule has 2 heterocycles. The molecule has 0 spiro atoms. The molecular formula is C27H34O7. The molecule has 0 radical (unpaired) electrons. The van der Waals surface area contributed by atoms with Crippen molar-refractivity contribution in [2.45, 2.75) is 72.0 Å². The van der Waals surface area contributed by atoms with Crippen LogP contribution in [0.2, 0.25) is 0 Å². The van der Waals surface area contributed by atoms with Crippen molar-refractivity contribution < 1.29 is 33.4 Å². The Morgan fingerprint density at radius 2 is 1.97 bits per heavy atom. The predicted octanol–water partition coefficient (Wildman–Crippen LogP) is 4.16. The molecule has 7 heteroatoms. The number of hydrogen-bond acceptors (Lipinski definition) is 7. The summed E-state index contributed by atoms with van der Waals surface area (Å²) in [6, 6.07) is 1.84. The van der Waals surface area contributed by atoms with Gasteiger partial charge >= 0.3 is 11.9 Å². The summed E-state index contributed by atoms with van der Waals surface area (Å²) >= 11 is 0. The first-order valence-corrected chi connectivity index (χ1v) is 12.2. The highest BCUT2D eigenvalue weighted by Crippen LogP contribution is 2.67. The van der Waals surface area contributed by atoms with Gasteiger partial charge < -0.3 is 19.0 Å². The van der Waals surface area contributed by atoms with Crippen molar-refractivity contribution in [3.05, 3.63) is 35.3 Å². The number of carbonyl (C=O) groups is 3. The number of aliphatic hydroxyl groups is 1. The van der Waals surface area contributed by atoms with Gasteiger partial charge in [0.25, 0.3) is 0 Å². The summed E-state index contributed by atoms with van der Waals surface area (Å²) in [5, 5.41) is 11.4. The number of hydrogen-bond donors (Lipinski definition) is 1. The number of carbonyl (C=O) groups excluding carboxylic acids is 3. The second-order valence-electron chi connectivity index (χ2n) is 11.7. The Labute approximate surface area is 199 Å². The lowest BCUT2D eigenvalue weighted by Gasteiger charge is -2.63.